The van der Waals surface area contributed by atoms with E-state index in [1.807, 2.05) is 0 Å². The van der Waals surface area contributed by atoms with Gasteiger partial charge in [-0.1, -0.05) is 0 Å². The number of ether oxygens (including phenoxy) is 1. The lowest BCUT2D eigenvalue weighted by Gasteiger charge is -2.22. The standard InChI is InChI=1S/C11H17N3O4S/c1-13-11(15)18-8-7-14(19(2,16)17)10-5-3-9(12)4-6-10/h3-6H,7-8,12H2,1-2H3,(H,13,15). The Labute approximate surface area is 112 Å². The van der Waals surface area contributed by atoms with Crippen LogP contribution in [0.5, 0.6) is 0 Å². The second-order valence-electron chi connectivity index (χ2n) is 3.81. The number of nitrogens with zero attached hydrogens (tertiary/aromatic N) is 1. The third-order valence-corrected chi connectivity index (χ3v) is 3.51. The van der Waals surface area contributed by atoms with Gasteiger partial charge in [0.1, 0.15) is 6.61 Å². The van der Waals surface area contributed by atoms with Gasteiger partial charge in [0, 0.05) is 12.7 Å². The number of hydrogen-bond acceptors (Lipinski definition) is 5. The number of anilines is 2. The van der Waals surface area contributed by atoms with E-state index in [1.165, 1.54) is 7.05 Å². The molecule has 7 nitrogen and oxygen atoms in total. The first kappa shape index (κ1) is 15.1. The number of sulfonamides is 1. The lowest BCUT2D eigenvalue weighted by molar-refractivity contribution is 0.152. The van der Waals surface area contributed by atoms with E-state index in [1.54, 1.807) is 24.3 Å². The van der Waals surface area contributed by atoms with Crippen molar-refractivity contribution in [1.82, 2.24) is 5.32 Å². The Bertz CT molecular complexity index is 527. The molecule has 0 aromatic heterocycles. The molecule has 0 heterocycles. The van der Waals surface area contributed by atoms with Gasteiger partial charge in [0.05, 0.1) is 18.5 Å². The number of carbonyl (C=O) groups excluding carboxylic acids is 1. The maximum absolute atomic E-state index is 11.7. The van der Waals surface area contributed by atoms with Gasteiger partial charge < -0.3 is 15.8 Å². The van der Waals surface area contributed by atoms with Gasteiger partial charge in [-0.3, -0.25) is 4.31 Å². The molecular formula is C11H17N3O4S. The van der Waals surface area contributed by atoms with Gasteiger partial charge in [-0.25, -0.2) is 13.2 Å². The van der Waals surface area contributed by atoms with Crippen LogP contribution in [0.2, 0.25) is 0 Å². The molecular weight excluding hydrogens is 270 g/mol. The highest BCUT2D eigenvalue weighted by Gasteiger charge is 2.17. The summed E-state index contributed by atoms with van der Waals surface area (Å²) >= 11 is 0. The van der Waals surface area contributed by atoms with E-state index in [0.717, 1.165) is 10.6 Å². The van der Waals surface area contributed by atoms with Gasteiger partial charge >= 0.3 is 6.09 Å². The average molecular weight is 287 g/mol. The minimum Gasteiger partial charge on any atom is -0.448 e. The molecule has 0 fully saturated rings. The molecule has 0 radical (unpaired) electrons. The monoisotopic (exact) mass is 287 g/mol. The fourth-order valence-corrected chi connectivity index (χ4v) is 2.33. The minimum absolute atomic E-state index is 0.0379. The zero-order valence-electron chi connectivity index (χ0n) is 10.8. The molecule has 19 heavy (non-hydrogen) atoms. The topological polar surface area (TPSA) is 102 Å². The van der Waals surface area contributed by atoms with E-state index in [4.69, 9.17) is 10.5 Å². The summed E-state index contributed by atoms with van der Waals surface area (Å²) in [6.45, 7) is -0.00666. The van der Waals surface area contributed by atoms with Gasteiger partial charge in [0.2, 0.25) is 10.0 Å². The van der Waals surface area contributed by atoms with Gasteiger partial charge in [-0.2, -0.15) is 0 Å². The molecule has 0 bridgehead atoms. The van der Waals surface area contributed by atoms with Crippen LogP contribution in [-0.2, 0) is 14.8 Å². The van der Waals surface area contributed by atoms with Crippen molar-refractivity contribution in [1.29, 1.82) is 0 Å². The number of nitrogens with two attached hydrogens (primary N) is 1. The van der Waals surface area contributed by atoms with Crippen LogP contribution < -0.4 is 15.4 Å². The molecule has 0 spiro atoms. The summed E-state index contributed by atoms with van der Waals surface area (Å²) in [5.74, 6) is 0. The van der Waals surface area contributed by atoms with Crippen LogP contribution >= 0.6 is 0 Å². The average Bonchev–Trinajstić information content (AvgIpc) is 2.34. The van der Waals surface area contributed by atoms with E-state index in [9.17, 15) is 13.2 Å². The van der Waals surface area contributed by atoms with E-state index >= 15 is 0 Å². The quantitative estimate of drug-likeness (QED) is 0.763. The van der Waals surface area contributed by atoms with Crippen LogP contribution in [0.25, 0.3) is 0 Å². The first-order chi connectivity index (χ1) is 8.84. The molecule has 1 aromatic rings. The summed E-state index contributed by atoms with van der Waals surface area (Å²) < 4.78 is 29.3. The maximum atomic E-state index is 11.7. The maximum Gasteiger partial charge on any atom is 0.406 e. The van der Waals surface area contributed by atoms with Crippen LogP contribution in [0.4, 0.5) is 16.2 Å². The Morgan fingerprint density at radius 2 is 1.95 bits per heavy atom. The molecule has 0 saturated carbocycles. The fourth-order valence-electron chi connectivity index (χ4n) is 1.42. The van der Waals surface area contributed by atoms with E-state index < -0.39 is 16.1 Å². The molecule has 0 aliphatic rings. The van der Waals surface area contributed by atoms with E-state index in [-0.39, 0.29) is 13.2 Å². The number of carbonyl (C=O) groups is 1. The van der Waals surface area contributed by atoms with Crippen molar-refractivity contribution in [3.63, 3.8) is 0 Å². The molecule has 0 saturated heterocycles. The van der Waals surface area contributed by atoms with E-state index in [2.05, 4.69) is 5.32 Å². The molecule has 0 aliphatic heterocycles. The fraction of sp³-hybridized carbons (Fsp3) is 0.364. The predicted molar refractivity (Wildman–Crippen MR) is 73.5 cm³/mol. The van der Waals surface area contributed by atoms with Crippen LogP contribution in [0.15, 0.2) is 24.3 Å². The minimum atomic E-state index is -3.45. The predicted octanol–water partition coefficient (Wildman–Crippen LogP) is 0.391. The molecule has 1 amide bonds. The van der Waals surface area contributed by atoms with Crippen molar-refractivity contribution < 1.29 is 17.9 Å². The van der Waals surface area contributed by atoms with Gasteiger partial charge in [0.25, 0.3) is 0 Å². The second-order valence-corrected chi connectivity index (χ2v) is 5.72. The van der Waals surface area contributed by atoms with Gasteiger partial charge in [-0.05, 0) is 24.3 Å². The molecule has 106 valence electrons. The largest absolute Gasteiger partial charge is 0.448 e. The zero-order valence-corrected chi connectivity index (χ0v) is 11.6. The third-order valence-electron chi connectivity index (χ3n) is 2.31. The van der Waals surface area contributed by atoms with Crippen molar-refractivity contribution in [3.05, 3.63) is 24.3 Å². The third kappa shape index (κ3) is 4.66. The van der Waals surface area contributed by atoms with Crippen LogP contribution in [0.3, 0.4) is 0 Å². The lowest BCUT2D eigenvalue weighted by atomic mass is 10.3. The Balaban J connectivity index is 2.79. The smallest absolute Gasteiger partial charge is 0.406 e. The summed E-state index contributed by atoms with van der Waals surface area (Å²) in [7, 11) is -2.03. The van der Waals surface area contributed by atoms with Gasteiger partial charge in [-0.15, -0.1) is 0 Å². The first-order valence-corrected chi connectivity index (χ1v) is 7.37. The number of alkyl carbamates (subject to hydrolysis) is 1. The Kier molecular flexibility index (Phi) is 4.99. The molecule has 3 N–H and O–H groups in total. The van der Waals surface area contributed by atoms with Gasteiger partial charge in [0.15, 0.2) is 0 Å². The number of benzene rings is 1. The highest BCUT2D eigenvalue weighted by molar-refractivity contribution is 7.92. The normalized spacial score (nSPS) is 10.8. The number of nitrogen functional groups attached to an aromatic ring is 1. The number of amides is 1. The Hall–Kier alpha value is -1.96. The first-order valence-electron chi connectivity index (χ1n) is 5.52. The van der Waals surface area contributed by atoms with Crippen molar-refractivity contribution in [2.24, 2.45) is 0 Å². The second kappa shape index (κ2) is 6.28. The van der Waals surface area contributed by atoms with E-state index in [0.29, 0.717) is 11.4 Å². The van der Waals surface area contributed by atoms with Crippen molar-refractivity contribution >= 4 is 27.5 Å². The number of nitrogens with one attached hydrogen (secondary N) is 1. The highest BCUT2D eigenvalue weighted by atomic mass is 32.2. The van der Waals surface area contributed by atoms with Crippen molar-refractivity contribution in [2.75, 3.05) is 36.5 Å². The summed E-state index contributed by atoms with van der Waals surface area (Å²) in [6.07, 6.45) is 0.481. The number of rotatable bonds is 5. The van der Waals surface area contributed by atoms with Crippen LogP contribution in [0, 0.1) is 0 Å². The summed E-state index contributed by atoms with van der Waals surface area (Å²) in [6, 6.07) is 6.40. The summed E-state index contributed by atoms with van der Waals surface area (Å²) in [4.78, 5) is 10.9. The number of hydrogen-bond donors (Lipinski definition) is 2. The summed E-state index contributed by atoms with van der Waals surface area (Å²) in [5, 5.41) is 2.28. The lowest BCUT2D eigenvalue weighted by Crippen LogP contribution is -2.34. The Morgan fingerprint density at radius 3 is 2.42 bits per heavy atom. The molecule has 0 unspecified atom stereocenters. The zero-order chi connectivity index (χ0) is 14.5. The van der Waals surface area contributed by atoms with Crippen molar-refractivity contribution in [3.8, 4) is 0 Å². The molecule has 0 atom stereocenters. The van der Waals surface area contributed by atoms with Crippen LogP contribution in [0.1, 0.15) is 0 Å². The molecule has 0 aliphatic carbocycles. The summed E-state index contributed by atoms with van der Waals surface area (Å²) in [5.41, 5.74) is 6.56. The van der Waals surface area contributed by atoms with Crippen molar-refractivity contribution in [2.45, 2.75) is 0 Å². The van der Waals surface area contributed by atoms with Crippen LogP contribution in [-0.4, -0.2) is 41.0 Å². The molecule has 1 rings (SSSR count). The molecule has 1 aromatic carbocycles. The SMILES string of the molecule is CNC(=O)OCCN(c1ccc(N)cc1)S(C)(=O)=O. The molecule has 8 heteroatoms. The Morgan fingerprint density at radius 1 is 1.37 bits per heavy atom. The highest BCUT2D eigenvalue weighted by Crippen LogP contribution is 2.18.